The van der Waals surface area contributed by atoms with Crippen LogP contribution < -0.4 is 0 Å². The molecule has 1 aromatic rings. The molecule has 1 aromatic carbocycles. The van der Waals surface area contributed by atoms with Crippen LogP contribution >= 0.6 is 0 Å². The summed E-state index contributed by atoms with van der Waals surface area (Å²) in [5.74, 6) is 0.0936. The van der Waals surface area contributed by atoms with E-state index in [1.165, 1.54) is 5.41 Å². The molecule has 0 radical (unpaired) electrons. The van der Waals surface area contributed by atoms with E-state index in [1.54, 1.807) is 12.3 Å². The average Bonchev–Trinajstić information content (AvgIpc) is 2.57. The van der Waals surface area contributed by atoms with Gasteiger partial charge in [-0.05, 0) is 11.6 Å². The summed E-state index contributed by atoms with van der Waals surface area (Å²) in [5, 5.41) is 1.24. The van der Waals surface area contributed by atoms with Gasteiger partial charge in [-0.15, -0.1) is 0 Å². The van der Waals surface area contributed by atoms with Crippen LogP contribution in [-0.4, -0.2) is 26.4 Å². The standard InChI is InChI=1S/C11H11NO2S/c13-15(14)7-6-11(9-15)12-8-10-4-2-1-3-5-10/h1-8,11H,9H2/t11-/m1/s1. The smallest absolute Gasteiger partial charge is 0.173 e. The third-order valence-corrected chi connectivity index (χ3v) is 3.50. The van der Waals surface area contributed by atoms with Gasteiger partial charge in [0.25, 0.3) is 0 Å². The predicted octanol–water partition coefficient (Wildman–Crippen LogP) is 1.42. The summed E-state index contributed by atoms with van der Waals surface area (Å²) in [4.78, 5) is 4.20. The molecule has 78 valence electrons. The summed E-state index contributed by atoms with van der Waals surface area (Å²) in [7, 11) is -2.99. The highest BCUT2D eigenvalue weighted by molar-refractivity contribution is 7.94. The molecule has 1 heterocycles. The van der Waals surface area contributed by atoms with Crippen molar-refractivity contribution in [1.29, 1.82) is 0 Å². The fourth-order valence-electron chi connectivity index (χ4n) is 1.37. The van der Waals surface area contributed by atoms with Crippen molar-refractivity contribution in [2.75, 3.05) is 5.75 Å². The first-order valence-electron chi connectivity index (χ1n) is 4.65. The van der Waals surface area contributed by atoms with Crippen LogP contribution in [0.1, 0.15) is 5.56 Å². The van der Waals surface area contributed by atoms with Crippen LogP contribution in [0.3, 0.4) is 0 Å². The summed E-state index contributed by atoms with van der Waals surface area (Å²) in [6.07, 6.45) is 3.32. The highest BCUT2D eigenvalue weighted by Crippen LogP contribution is 2.11. The van der Waals surface area contributed by atoms with Crippen LogP contribution in [0.25, 0.3) is 0 Å². The van der Waals surface area contributed by atoms with Crippen molar-refractivity contribution in [2.45, 2.75) is 6.04 Å². The van der Waals surface area contributed by atoms with Gasteiger partial charge in [-0.25, -0.2) is 8.42 Å². The van der Waals surface area contributed by atoms with Crippen LogP contribution in [0.5, 0.6) is 0 Å². The van der Waals surface area contributed by atoms with Gasteiger partial charge in [0.05, 0.1) is 11.8 Å². The second kappa shape index (κ2) is 3.98. The number of aliphatic imine (C=N–C) groups is 1. The Balaban J connectivity index is 2.06. The Morgan fingerprint density at radius 2 is 2.00 bits per heavy atom. The van der Waals surface area contributed by atoms with Crippen molar-refractivity contribution >= 4 is 16.1 Å². The Kier molecular flexibility index (Phi) is 2.68. The van der Waals surface area contributed by atoms with Gasteiger partial charge in [0.2, 0.25) is 0 Å². The highest BCUT2D eigenvalue weighted by atomic mass is 32.2. The lowest BCUT2D eigenvalue weighted by Gasteiger charge is -1.98. The Labute approximate surface area is 89.1 Å². The number of rotatable bonds is 2. The van der Waals surface area contributed by atoms with E-state index < -0.39 is 9.84 Å². The zero-order valence-electron chi connectivity index (χ0n) is 8.08. The van der Waals surface area contributed by atoms with Gasteiger partial charge < -0.3 is 0 Å². The van der Waals surface area contributed by atoms with Crippen molar-refractivity contribution in [3.8, 4) is 0 Å². The lowest BCUT2D eigenvalue weighted by atomic mass is 10.2. The maximum atomic E-state index is 11.1. The minimum Gasteiger partial charge on any atom is -0.284 e. The third-order valence-electron chi connectivity index (χ3n) is 2.13. The fraction of sp³-hybridized carbons (Fsp3) is 0.182. The number of benzene rings is 1. The number of sulfone groups is 1. The third kappa shape index (κ3) is 2.76. The fourth-order valence-corrected chi connectivity index (χ4v) is 2.58. The van der Waals surface area contributed by atoms with E-state index in [0.29, 0.717) is 0 Å². The Hall–Kier alpha value is -1.42. The van der Waals surface area contributed by atoms with Crippen LogP contribution in [0.15, 0.2) is 46.8 Å². The molecule has 0 bridgehead atoms. The molecule has 15 heavy (non-hydrogen) atoms. The lowest BCUT2D eigenvalue weighted by molar-refractivity contribution is 0.604. The molecule has 1 aliphatic rings. The first-order chi connectivity index (χ1) is 7.16. The average molecular weight is 221 g/mol. The van der Waals surface area contributed by atoms with E-state index in [1.807, 2.05) is 30.3 Å². The van der Waals surface area contributed by atoms with E-state index in [4.69, 9.17) is 0 Å². The van der Waals surface area contributed by atoms with Crippen molar-refractivity contribution in [3.05, 3.63) is 47.4 Å². The molecule has 0 saturated carbocycles. The first kappa shape index (κ1) is 10.1. The van der Waals surface area contributed by atoms with Gasteiger partial charge in [-0.1, -0.05) is 30.3 Å². The van der Waals surface area contributed by atoms with Gasteiger partial charge >= 0.3 is 0 Å². The maximum Gasteiger partial charge on any atom is 0.173 e. The Morgan fingerprint density at radius 3 is 2.60 bits per heavy atom. The Morgan fingerprint density at radius 1 is 1.27 bits per heavy atom. The number of hydrogen-bond acceptors (Lipinski definition) is 3. The largest absolute Gasteiger partial charge is 0.284 e. The molecule has 1 aliphatic heterocycles. The van der Waals surface area contributed by atoms with Gasteiger partial charge in [0, 0.05) is 11.6 Å². The normalized spacial score (nSPS) is 23.6. The molecule has 0 spiro atoms. The molecule has 1 atom stereocenters. The van der Waals surface area contributed by atoms with E-state index in [9.17, 15) is 8.42 Å². The summed E-state index contributed by atoms with van der Waals surface area (Å²) >= 11 is 0. The molecule has 0 N–H and O–H groups in total. The summed E-state index contributed by atoms with van der Waals surface area (Å²) in [5.41, 5.74) is 0.982. The minimum atomic E-state index is -2.99. The molecular weight excluding hydrogens is 210 g/mol. The molecule has 0 saturated heterocycles. The van der Waals surface area contributed by atoms with Crippen LogP contribution in [0.4, 0.5) is 0 Å². The van der Waals surface area contributed by atoms with Gasteiger partial charge in [0.1, 0.15) is 0 Å². The SMILES string of the molecule is O=S1(=O)C=C[C@@H](N=Cc2ccccc2)C1. The second-order valence-electron chi connectivity index (χ2n) is 3.41. The van der Waals surface area contributed by atoms with Crippen molar-refractivity contribution in [1.82, 2.24) is 0 Å². The van der Waals surface area contributed by atoms with E-state index in [-0.39, 0.29) is 11.8 Å². The first-order valence-corrected chi connectivity index (χ1v) is 6.36. The van der Waals surface area contributed by atoms with Gasteiger partial charge in [0.15, 0.2) is 9.84 Å². The molecule has 0 fully saturated rings. The predicted molar refractivity (Wildman–Crippen MR) is 60.8 cm³/mol. The van der Waals surface area contributed by atoms with Crippen LogP contribution in [-0.2, 0) is 9.84 Å². The molecular formula is C11H11NO2S. The van der Waals surface area contributed by atoms with E-state index in [0.717, 1.165) is 5.56 Å². The number of nitrogens with zero attached hydrogens (tertiary/aromatic N) is 1. The zero-order valence-corrected chi connectivity index (χ0v) is 8.89. The van der Waals surface area contributed by atoms with Gasteiger partial charge in [-0.3, -0.25) is 4.99 Å². The zero-order chi connectivity index (χ0) is 10.7. The van der Waals surface area contributed by atoms with E-state index >= 15 is 0 Å². The highest BCUT2D eigenvalue weighted by Gasteiger charge is 2.19. The summed E-state index contributed by atoms with van der Waals surface area (Å²) in [6, 6.07) is 9.39. The topological polar surface area (TPSA) is 46.5 Å². The van der Waals surface area contributed by atoms with Crippen LogP contribution in [0.2, 0.25) is 0 Å². The summed E-state index contributed by atoms with van der Waals surface area (Å²) < 4.78 is 22.2. The molecule has 0 unspecified atom stereocenters. The molecule has 0 aliphatic carbocycles. The van der Waals surface area contributed by atoms with Crippen LogP contribution in [0, 0.1) is 0 Å². The summed E-state index contributed by atoms with van der Waals surface area (Å²) in [6.45, 7) is 0. The monoisotopic (exact) mass is 221 g/mol. The van der Waals surface area contributed by atoms with Crippen molar-refractivity contribution in [2.24, 2.45) is 4.99 Å². The quantitative estimate of drug-likeness (QED) is 0.709. The molecule has 0 aromatic heterocycles. The maximum absolute atomic E-state index is 11.1. The Bertz CT molecular complexity index is 489. The molecule has 0 amide bonds. The van der Waals surface area contributed by atoms with Crippen molar-refractivity contribution in [3.63, 3.8) is 0 Å². The second-order valence-corrected chi connectivity index (χ2v) is 5.35. The van der Waals surface area contributed by atoms with E-state index in [2.05, 4.69) is 4.99 Å². The molecule has 4 heteroatoms. The van der Waals surface area contributed by atoms with Gasteiger partial charge in [-0.2, -0.15) is 0 Å². The number of hydrogen-bond donors (Lipinski definition) is 0. The molecule has 2 rings (SSSR count). The van der Waals surface area contributed by atoms with Crippen molar-refractivity contribution < 1.29 is 8.42 Å². The molecule has 3 nitrogen and oxygen atoms in total. The lowest BCUT2D eigenvalue weighted by Crippen LogP contribution is -2.08. The minimum absolute atomic E-state index is 0.0936.